The molecule has 72 valence electrons. The average molecular weight is 188 g/mol. The summed E-state index contributed by atoms with van der Waals surface area (Å²) in [5, 5.41) is 8.96. The number of aliphatic carboxylic acids is 1. The summed E-state index contributed by atoms with van der Waals surface area (Å²) < 4.78 is 0. The summed E-state index contributed by atoms with van der Waals surface area (Å²) in [6, 6.07) is 8.37. The molecule has 3 rings (SSSR count). The maximum Gasteiger partial charge on any atom is 0.306 e. The topological polar surface area (TPSA) is 37.3 Å². The standard InChI is InChI=1S/C12H12O2/c13-12(14)11-6-10-8-4-2-1-3-7(8)5-9(10)11/h1-4,9-11H,5-6H2,(H,13,14). The minimum atomic E-state index is -0.612. The van der Waals surface area contributed by atoms with E-state index in [9.17, 15) is 4.79 Å². The first-order chi connectivity index (χ1) is 6.77. The van der Waals surface area contributed by atoms with Gasteiger partial charge < -0.3 is 5.11 Å². The highest BCUT2D eigenvalue weighted by atomic mass is 16.4. The van der Waals surface area contributed by atoms with E-state index in [2.05, 4.69) is 18.2 Å². The Morgan fingerprint density at radius 1 is 1.36 bits per heavy atom. The first-order valence-corrected chi connectivity index (χ1v) is 5.08. The highest BCUT2D eigenvalue weighted by molar-refractivity contribution is 5.73. The van der Waals surface area contributed by atoms with E-state index >= 15 is 0 Å². The van der Waals surface area contributed by atoms with E-state index in [0.717, 1.165) is 12.8 Å². The van der Waals surface area contributed by atoms with Gasteiger partial charge in [0.05, 0.1) is 5.92 Å². The lowest BCUT2D eigenvalue weighted by molar-refractivity contribution is -0.148. The normalized spacial score (nSPS) is 33.0. The van der Waals surface area contributed by atoms with Crippen molar-refractivity contribution in [2.24, 2.45) is 11.8 Å². The molecule has 2 aliphatic rings. The van der Waals surface area contributed by atoms with Crippen molar-refractivity contribution in [1.29, 1.82) is 0 Å². The maximum atomic E-state index is 10.9. The summed E-state index contributed by atoms with van der Waals surface area (Å²) in [6.45, 7) is 0. The highest BCUT2D eigenvalue weighted by Gasteiger charge is 2.49. The Bertz CT molecular complexity index is 397. The van der Waals surface area contributed by atoms with Crippen molar-refractivity contribution in [2.45, 2.75) is 18.8 Å². The van der Waals surface area contributed by atoms with Crippen LogP contribution < -0.4 is 0 Å². The van der Waals surface area contributed by atoms with Crippen LogP contribution in [0.1, 0.15) is 23.5 Å². The molecule has 1 fully saturated rings. The van der Waals surface area contributed by atoms with Crippen LogP contribution in [0.5, 0.6) is 0 Å². The molecule has 0 bridgehead atoms. The fourth-order valence-corrected chi connectivity index (χ4v) is 2.97. The van der Waals surface area contributed by atoms with Crippen LogP contribution >= 0.6 is 0 Å². The molecule has 14 heavy (non-hydrogen) atoms. The molecule has 2 aliphatic carbocycles. The predicted molar refractivity (Wildman–Crippen MR) is 52.1 cm³/mol. The van der Waals surface area contributed by atoms with Crippen LogP contribution in [0, 0.1) is 11.8 Å². The van der Waals surface area contributed by atoms with Crippen molar-refractivity contribution in [3.63, 3.8) is 0 Å². The molecule has 0 spiro atoms. The lowest BCUT2D eigenvalue weighted by Gasteiger charge is -2.37. The Morgan fingerprint density at radius 3 is 2.93 bits per heavy atom. The van der Waals surface area contributed by atoms with Crippen molar-refractivity contribution < 1.29 is 9.90 Å². The Kier molecular flexibility index (Phi) is 1.49. The van der Waals surface area contributed by atoms with E-state index in [0.29, 0.717) is 11.8 Å². The van der Waals surface area contributed by atoms with Gasteiger partial charge in [0, 0.05) is 0 Å². The molecular formula is C12H12O2. The molecule has 3 unspecified atom stereocenters. The molecule has 1 N–H and O–H groups in total. The number of hydrogen-bond donors (Lipinski definition) is 1. The molecule has 0 heterocycles. The van der Waals surface area contributed by atoms with Gasteiger partial charge in [-0.05, 0) is 35.8 Å². The molecule has 1 saturated carbocycles. The van der Waals surface area contributed by atoms with Crippen molar-refractivity contribution in [3.05, 3.63) is 35.4 Å². The van der Waals surface area contributed by atoms with Crippen LogP contribution in [-0.4, -0.2) is 11.1 Å². The molecule has 1 aromatic carbocycles. The number of benzene rings is 1. The van der Waals surface area contributed by atoms with Crippen LogP contribution in [0.15, 0.2) is 24.3 Å². The zero-order chi connectivity index (χ0) is 9.71. The number of fused-ring (bicyclic) bond motifs is 3. The highest BCUT2D eigenvalue weighted by Crippen LogP contribution is 2.54. The zero-order valence-electron chi connectivity index (χ0n) is 7.81. The summed E-state index contributed by atoms with van der Waals surface area (Å²) in [5.41, 5.74) is 2.77. The fourth-order valence-electron chi connectivity index (χ4n) is 2.97. The van der Waals surface area contributed by atoms with Crippen LogP contribution in [0.3, 0.4) is 0 Å². The minimum Gasteiger partial charge on any atom is -0.481 e. The molecule has 2 nitrogen and oxygen atoms in total. The lowest BCUT2D eigenvalue weighted by Crippen LogP contribution is -2.37. The third-order valence-electron chi connectivity index (χ3n) is 3.77. The van der Waals surface area contributed by atoms with Gasteiger partial charge >= 0.3 is 5.97 Å². The summed E-state index contributed by atoms with van der Waals surface area (Å²) in [4.78, 5) is 10.9. The van der Waals surface area contributed by atoms with Gasteiger partial charge in [0.15, 0.2) is 0 Å². The van der Waals surface area contributed by atoms with Gasteiger partial charge in [-0.1, -0.05) is 24.3 Å². The quantitative estimate of drug-likeness (QED) is 0.732. The molecule has 3 atom stereocenters. The van der Waals surface area contributed by atoms with Gasteiger partial charge in [0.25, 0.3) is 0 Å². The SMILES string of the molecule is O=C(O)C1CC2c3ccccc3CC12. The molecule has 0 saturated heterocycles. The predicted octanol–water partition coefficient (Wildman–Crippen LogP) is 2.05. The van der Waals surface area contributed by atoms with Gasteiger partial charge in [0.1, 0.15) is 0 Å². The third-order valence-corrected chi connectivity index (χ3v) is 3.77. The lowest BCUT2D eigenvalue weighted by atomic mass is 9.65. The largest absolute Gasteiger partial charge is 0.481 e. The molecule has 1 aromatic rings. The van der Waals surface area contributed by atoms with Crippen LogP contribution in [0.4, 0.5) is 0 Å². The Hall–Kier alpha value is -1.31. The van der Waals surface area contributed by atoms with Gasteiger partial charge in [0.2, 0.25) is 0 Å². The number of carboxylic acid groups (broad SMARTS) is 1. The first kappa shape index (κ1) is 8.04. The molecule has 0 aromatic heterocycles. The Balaban J connectivity index is 1.92. The van der Waals surface area contributed by atoms with Crippen molar-refractivity contribution in [1.82, 2.24) is 0 Å². The van der Waals surface area contributed by atoms with E-state index in [1.54, 1.807) is 0 Å². The first-order valence-electron chi connectivity index (χ1n) is 5.08. The van der Waals surface area contributed by atoms with Crippen LogP contribution in [-0.2, 0) is 11.2 Å². The third kappa shape index (κ3) is 0.884. The zero-order valence-corrected chi connectivity index (χ0v) is 7.81. The smallest absolute Gasteiger partial charge is 0.306 e. The van der Waals surface area contributed by atoms with E-state index in [-0.39, 0.29) is 5.92 Å². The van der Waals surface area contributed by atoms with Gasteiger partial charge in [-0.25, -0.2) is 0 Å². The second-order valence-corrected chi connectivity index (χ2v) is 4.35. The van der Waals surface area contributed by atoms with Gasteiger partial charge in [-0.15, -0.1) is 0 Å². The van der Waals surface area contributed by atoms with Crippen LogP contribution in [0.25, 0.3) is 0 Å². The monoisotopic (exact) mass is 188 g/mol. The molecule has 2 heteroatoms. The van der Waals surface area contributed by atoms with E-state index < -0.39 is 5.97 Å². The fraction of sp³-hybridized carbons (Fsp3) is 0.417. The van der Waals surface area contributed by atoms with Crippen molar-refractivity contribution in [2.75, 3.05) is 0 Å². The number of carbonyl (C=O) groups is 1. The maximum absolute atomic E-state index is 10.9. The number of hydrogen-bond acceptors (Lipinski definition) is 1. The Morgan fingerprint density at radius 2 is 2.14 bits per heavy atom. The van der Waals surface area contributed by atoms with E-state index in [1.165, 1.54) is 11.1 Å². The van der Waals surface area contributed by atoms with E-state index in [4.69, 9.17) is 5.11 Å². The van der Waals surface area contributed by atoms with Gasteiger partial charge in [-0.3, -0.25) is 4.79 Å². The van der Waals surface area contributed by atoms with E-state index in [1.807, 2.05) is 6.07 Å². The summed E-state index contributed by atoms with van der Waals surface area (Å²) in [7, 11) is 0. The van der Waals surface area contributed by atoms with Crippen molar-refractivity contribution in [3.8, 4) is 0 Å². The minimum absolute atomic E-state index is 0.0904. The Labute approximate surface area is 82.6 Å². The molecule has 0 aliphatic heterocycles. The molecule has 0 radical (unpaired) electrons. The van der Waals surface area contributed by atoms with Gasteiger partial charge in [-0.2, -0.15) is 0 Å². The summed E-state index contributed by atoms with van der Waals surface area (Å²) in [6.07, 6.45) is 1.81. The second kappa shape index (κ2) is 2.59. The van der Waals surface area contributed by atoms with Crippen LogP contribution in [0.2, 0.25) is 0 Å². The van der Waals surface area contributed by atoms with Crippen molar-refractivity contribution >= 4 is 5.97 Å². The summed E-state index contributed by atoms with van der Waals surface area (Å²) in [5.74, 6) is 0.212. The average Bonchev–Trinajstić information content (AvgIpc) is 2.39. The number of carboxylic acids is 1. The molecule has 0 amide bonds. The second-order valence-electron chi connectivity index (χ2n) is 4.35. The molecular weight excluding hydrogens is 176 g/mol. The number of rotatable bonds is 1. The summed E-state index contributed by atoms with van der Waals surface area (Å²) >= 11 is 0.